The second kappa shape index (κ2) is 7.64. The zero-order valence-electron chi connectivity index (χ0n) is 16.4. The number of para-hydroxylation sites is 1. The first kappa shape index (κ1) is 19.3. The molecule has 8 heteroatoms. The van der Waals surface area contributed by atoms with Gasteiger partial charge in [0.15, 0.2) is 5.82 Å². The van der Waals surface area contributed by atoms with Gasteiger partial charge < -0.3 is 10.5 Å². The summed E-state index contributed by atoms with van der Waals surface area (Å²) < 4.78 is 7.49. The lowest BCUT2D eigenvalue weighted by atomic mass is 9.93. The van der Waals surface area contributed by atoms with E-state index in [0.29, 0.717) is 0 Å². The third-order valence-electron chi connectivity index (χ3n) is 5.10. The molecule has 1 atom stereocenters. The van der Waals surface area contributed by atoms with Crippen molar-refractivity contribution < 1.29 is 9.53 Å². The van der Waals surface area contributed by atoms with Crippen molar-refractivity contribution in [2.24, 2.45) is 11.7 Å². The maximum Gasteiger partial charge on any atom is 0.220 e. The van der Waals surface area contributed by atoms with Crippen LogP contribution in [0.4, 0.5) is 0 Å². The van der Waals surface area contributed by atoms with Crippen LogP contribution in [0.15, 0.2) is 24.3 Å². The predicted molar refractivity (Wildman–Crippen MR) is 101 cm³/mol. The van der Waals surface area contributed by atoms with Gasteiger partial charge in [-0.25, -0.2) is 4.68 Å². The number of primary amides is 1. The van der Waals surface area contributed by atoms with Crippen molar-refractivity contribution in [3.05, 3.63) is 35.7 Å². The molecule has 2 aromatic rings. The lowest BCUT2D eigenvalue weighted by molar-refractivity contribution is -0.123. The zero-order chi connectivity index (χ0) is 19.6. The third kappa shape index (κ3) is 3.95. The Kier molecular flexibility index (Phi) is 5.46. The van der Waals surface area contributed by atoms with Gasteiger partial charge in [-0.15, -0.1) is 5.10 Å². The maximum absolute atomic E-state index is 11.6. The molecule has 27 heavy (non-hydrogen) atoms. The number of carbonyl (C=O) groups is 1. The first-order valence-corrected chi connectivity index (χ1v) is 9.28. The van der Waals surface area contributed by atoms with Crippen LogP contribution in [0.2, 0.25) is 0 Å². The minimum atomic E-state index is -0.259. The van der Waals surface area contributed by atoms with Crippen LogP contribution in [0.5, 0.6) is 5.75 Å². The molecular formula is C19H28N6O2. The summed E-state index contributed by atoms with van der Waals surface area (Å²) in [5.41, 5.74) is 6.26. The number of ether oxygens (including phenoxy) is 1. The fourth-order valence-electron chi connectivity index (χ4n) is 3.68. The molecule has 1 saturated heterocycles. The van der Waals surface area contributed by atoms with Crippen LogP contribution >= 0.6 is 0 Å². The Balaban J connectivity index is 2.04. The molecule has 0 unspecified atom stereocenters. The fourth-order valence-corrected chi connectivity index (χ4v) is 3.68. The number of likely N-dealkylation sites (tertiary alicyclic amines) is 1. The van der Waals surface area contributed by atoms with E-state index in [2.05, 4.69) is 41.2 Å². The van der Waals surface area contributed by atoms with Crippen LogP contribution in [-0.2, 0) is 10.3 Å². The van der Waals surface area contributed by atoms with E-state index >= 15 is 0 Å². The molecule has 0 saturated carbocycles. The highest BCUT2D eigenvalue weighted by molar-refractivity contribution is 5.76. The lowest BCUT2D eigenvalue weighted by Crippen LogP contribution is -2.42. The zero-order valence-corrected chi connectivity index (χ0v) is 16.4. The Morgan fingerprint density at radius 1 is 1.26 bits per heavy atom. The van der Waals surface area contributed by atoms with Crippen LogP contribution in [0, 0.1) is 5.92 Å². The number of hydrogen-bond donors (Lipinski definition) is 1. The Bertz CT molecular complexity index is 789. The number of tetrazole rings is 1. The number of piperidine rings is 1. The number of hydrogen-bond acceptors (Lipinski definition) is 6. The molecule has 0 radical (unpaired) electrons. The normalized spacial score (nSPS) is 17.6. The number of rotatable bonds is 5. The summed E-state index contributed by atoms with van der Waals surface area (Å²) in [6.45, 7) is 7.71. The molecular weight excluding hydrogens is 344 g/mol. The molecule has 1 amide bonds. The average Bonchev–Trinajstić information content (AvgIpc) is 3.12. The van der Waals surface area contributed by atoms with Gasteiger partial charge in [0.25, 0.3) is 0 Å². The van der Waals surface area contributed by atoms with E-state index in [1.165, 1.54) is 0 Å². The van der Waals surface area contributed by atoms with E-state index in [-0.39, 0.29) is 23.4 Å². The summed E-state index contributed by atoms with van der Waals surface area (Å²) >= 11 is 0. The number of aromatic nitrogens is 4. The van der Waals surface area contributed by atoms with Crippen LogP contribution in [0.25, 0.3) is 0 Å². The highest BCUT2D eigenvalue weighted by Crippen LogP contribution is 2.37. The molecule has 8 nitrogen and oxygen atoms in total. The molecule has 0 bridgehead atoms. The van der Waals surface area contributed by atoms with Crippen LogP contribution in [0.3, 0.4) is 0 Å². The van der Waals surface area contributed by atoms with Crippen LogP contribution in [-0.4, -0.2) is 51.2 Å². The summed E-state index contributed by atoms with van der Waals surface area (Å²) in [7, 11) is 1.67. The maximum atomic E-state index is 11.6. The van der Waals surface area contributed by atoms with E-state index in [1.807, 2.05) is 28.9 Å². The molecule has 2 heterocycles. The summed E-state index contributed by atoms with van der Waals surface area (Å²) in [6, 6.07) is 7.77. The first-order chi connectivity index (χ1) is 12.8. The number of amides is 1. The molecule has 2 N–H and O–H groups in total. The van der Waals surface area contributed by atoms with Crippen molar-refractivity contribution in [2.45, 2.75) is 45.2 Å². The monoisotopic (exact) mass is 372 g/mol. The van der Waals surface area contributed by atoms with Crippen molar-refractivity contribution >= 4 is 5.91 Å². The topological polar surface area (TPSA) is 99.2 Å². The molecule has 1 aliphatic rings. The van der Waals surface area contributed by atoms with Gasteiger partial charge in [-0.3, -0.25) is 9.69 Å². The molecule has 3 rings (SSSR count). The third-order valence-corrected chi connectivity index (χ3v) is 5.10. The average molecular weight is 372 g/mol. The van der Waals surface area contributed by atoms with Crippen LogP contribution < -0.4 is 10.5 Å². The van der Waals surface area contributed by atoms with Crippen molar-refractivity contribution in [1.29, 1.82) is 0 Å². The summed E-state index contributed by atoms with van der Waals surface area (Å²) in [5, 5.41) is 12.6. The Hall–Kier alpha value is -2.48. The molecule has 1 aromatic heterocycles. The van der Waals surface area contributed by atoms with E-state index < -0.39 is 0 Å². The van der Waals surface area contributed by atoms with Gasteiger partial charge in [0.1, 0.15) is 11.8 Å². The van der Waals surface area contributed by atoms with Gasteiger partial charge in [0.05, 0.1) is 12.6 Å². The Morgan fingerprint density at radius 2 is 1.93 bits per heavy atom. The highest BCUT2D eigenvalue weighted by atomic mass is 16.5. The van der Waals surface area contributed by atoms with Crippen molar-refractivity contribution in [3.8, 4) is 5.75 Å². The van der Waals surface area contributed by atoms with Gasteiger partial charge in [-0.1, -0.05) is 18.2 Å². The van der Waals surface area contributed by atoms with Crippen molar-refractivity contribution in [3.63, 3.8) is 0 Å². The smallest absolute Gasteiger partial charge is 0.220 e. The Labute approximate surface area is 159 Å². The van der Waals surface area contributed by atoms with Gasteiger partial charge in [-0.2, -0.15) is 0 Å². The van der Waals surface area contributed by atoms with E-state index in [1.54, 1.807) is 7.11 Å². The van der Waals surface area contributed by atoms with Crippen LogP contribution in [0.1, 0.15) is 51.0 Å². The molecule has 1 aromatic carbocycles. The second-order valence-electron chi connectivity index (χ2n) is 7.98. The number of benzene rings is 1. The number of carbonyl (C=O) groups excluding carboxylic acids is 1. The van der Waals surface area contributed by atoms with Gasteiger partial charge in [0, 0.05) is 11.5 Å². The number of methoxy groups -OCH3 is 1. The van der Waals surface area contributed by atoms with E-state index in [4.69, 9.17) is 10.5 Å². The fraction of sp³-hybridized carbons (Fsp3) is 0.579. The molecule has 0 aliphatic carbocycles. The number of nitrogens with two attached hydrogens (primary N) is 1. The lowest BCUT2D eigenvalue weighted by Gasteiger charge is -2.37. The standard InChI is InChI=1S/C19H28N6O2/c1-19(2,3)25-18(21-22-23-25)16(14-7-5-6-8-15(14)27-4)24-11-9-13(10-12-24)17(20)26/h5-8,13,16H,9-12H2,1-4H3,(H2,20,26)/t16-/m0/s1. The summed E-state index contributed by atoms with van der Waals surface area (Å²) in [5.74, 6) is 1.27. The quantitative estimate of drug-likeness (QED) is 0.858. The van der Waals surface area contributed by atoms with Gasteiger partial charge in [-0.05, 0) is 63.2 Å². The largest absolute Gasteiger partial charge is 0.496 e. The molecule has 146 valence electrons. The van der Waals surface area contributed by atoms with Gasteiger partial charge in [0.2, 0.25) is 5.91 Å². The Morgan fingerprint density at radius 3 is 2.52 bits per heavy atom. The highest BCUT2D eigenvalue weighted by Gasteiger charge is 2.35. The van der Waals surface area contributed by atoms with Crippen molar-refractivity contribution in [2.75, 3.05) is 20.2 Å². The van der Waals surface area contributed by atoms with E-state index in [9.17, 15) is 4.79 Å². The molecule has 1 fully saturated rings. The minimum Gasteiger partial charge on any atom is -0.496 e. The first-order valence-electron chi connectivity index (χ1n) is 9.28. The summed E-state index contributed by atoms with van der Waals surface area (Å²) in [4.78, 5) is 13.9. The van der Waals surface area contributed by atoms with E-state index in [0.717, 1.165) is 43.1 Å². The predicted octanol–water partition coefficient (Wildman–Crippen LogP) is 1.72. The number of nitrogens with zero attached hydrogens (tertiary/aromatic N) is 5. The second-order valence-corrected chi connectivity index (χ2v) is 7.98. The minimum absolute atomic E-state index is 0.0711. The van der Waals surface area contributed by atoms with Crippen molar-refractivity contribution in [1.82, 2.24) is 25.1 Å². The van der Waals surface area contributed by atoms with Gasteiger partial charge >= 0.3 is 0 Å². The molecule has 1 aliphatic heterocycles. The summed E-state index contributed by atoms with van der Waals surface area (Å²) in [6.07, 6.45) is 1.47. The molecule has 0 spiro atoms. The SMILES string of the molecule is COc1ccccc1[C@@H](c1nnnn1C(C)(C)C)N1CCC(C(N)=O)CC1.